The Kier molecular flexibility index (Phi) is 4.46. The van der Waals surface area contributed by atoms with Crippen LogP contribution in [0, 0.1) is 0 Å². The number of halogens is 6. The molecule has 0 N–H and O–H groups in total. The summed E-state index contributed by atoms with van der Waals surface area (Å²) in [5.74, 6) is -0.659. The summed E-state index contributed by atoms with van der Waals surface area (Å²) >= 11 is 17.4. The van der Waals surface area contributed by atoms with E-state index in [0.29, 0.717) is 6.07 Å². The summed E-state index contributed by atoms with van der Waals surface area (Å²) in [6.07, 6.45) is -4.64. The number of carbonyl (C=O) groups excluding carboxylic acids is 1. The minimum absolute atomic E-state index is 0.000122. The summed E-state index contributed by atoms with van der Waals surface area (Å²) in [5, 5.41) is -0.399. The fourth-order valence-electron chi connectivity index (χ4n) is 1.59. The molecule has 0 bridgehead atoms. The molecule has 0 aliphatic carbocycles. The zero-order valence-electron chi connectivity index (χ0n) is 10.0. The van der Waals surface area contributed by atoms with Crippen LogP contribution >= 0.6 is 34.8 Å². The van der Waals surface area contributed by atoms with Crippen LogP contribution in [-0.4, -0.2) is 10.8 Å². The molecule has 1 aromatic heterocycles. The Morgan fingerprint density at radius 2 is 1.67 bits per heavy atom. The zero-order chi connectivity index (χ0) is 15.8. The Bertz CT molecular complexity index is 716. The van der Waals surface area contributed by atoms with Crippen molar-refractivity contribution in [3.8, 4) is 0 Å². The van der Waals surface area contributed by atoms with Crippen molar-refractivity contribution in [2.75, 3.05) is 0 Å². The van der Waals surface area contributed by atoms with Gasteiger partial charge in [-0.2, -0.15) is 13.2 Å². The summed E-state index contributed by atoms with van der Waals surface area (Å²) in [7, 11) is 0. The Balaban J connectivity index is 2.48. The molecule has 0 fully saturated rings. The fourth-order valence-corrected chi connectivity index (χ4v) is 2.21. The third-order valence-corrected chi connectivity index (χ3v) is 3.69. The Morgan fingerprint density at radius 1 is 1.00 bits per heavy atom. The molecular weight excluding hydrogens is 350 g/mol. The van der Waals surface area contributed by atoms with Gasteiger partial charge in [-0.15, -0.1) is 0 Å². The van der Waals surface area contributed by atoms with Crippen LogP contribution in [0.2, 0.25) is 15.2 Å². The summed E-state index contributed by atoms with van der Waals surface area (Å²) < 4.78 is 37.5. The molecule has 0 amide bonds. The van der Waals surface area contributed by atoms with Crippen molar-refractivity contribution in [3.05, 3.63) is 62.4 Å². The third kappa shape index (κ3) is 3.31. The van der Waals surface area contributed by atoms with Gasteiger partial charge in [0.2, 0.25) is 0 Å². The van der Waals surface area contributed by atoms with Crippen LogP contribution in [0.3, 0.4) is 0 Å². The molecule has 1 aromatic carbocycles. The number of pyridine rings is 1. The Morgan fingerprint density at radius 3 is 2.24 bits per heavy atom. The van der Waals surface area contributed by atoms with Crippen LogP contribution in [0.1, 0.15) is 21.6 Å². The average molecular weight is 355 g/mol. The van der Waals surface area contributed by atoms with E-state index in [1.54, 1.807) is 0 Å². The van der Waals surface area contributed by atoms with Crippen LogP contribution in [0.5, 0.6) is 0 Å². The molecular formula is C13H5Cl3F3NO. The number of alkyl halides is 3. The molecule has 0 spiro atoms. The highest BCUT2D eigenvalue weighted by Gasteiger charge is 2.33. The van der Waals surface area contributed by atoms with E-state index in [0.717, 1.165) is 6.07 Å². The van der Waals surface area contributed by atoms with Crippen LogP contribution in [0.25, 0.3) is 0 Å². The second-order valence-electron chi connectivity index (χ2n) is 3.96. The van der Waals surface area contributed by atoms with Crippen molar-refractivity contribution in [2.24, 2.45) is 0 Å². The standard InChI is InChI=1S/C13H5Cl3F3NO/c14-8-3-1-2-6(10(8)15)11(21)7-4-5-9(13(17,18)19)20-12(7)16/h1-5H. The lowest BCUT2D eigenvalue weighted by atomic mass is 10.0. The zero-order valence-corrected chi connectivity index (χ0v) is 12.3. The first kappa shape index (κ1) is 16.1. The first-order valence-electron chi connectivity index (χ1n) is 5.44. The van der Waals surface area contributed by atoms with E-state index in [1.807, 2.05) is 0 Å². The molecule has 0 atom stereocenters. The van der Waals surface area contributed by atoms with Crippen LogP contribution in [0.4, 0.5) is 13.2 Å². The maximum Gasteiger partial charge on any atom is 0.433 e. The fraction of sp³-hybridized carbons (Fsp3) is 0.0769. The van der Waals surface area contributed by atoms with E-state index in [1.165, 1.54) is 18.2 Å². The van der Waals surface area contributed by atoms with Gasteiger partial charge in [-0.3, -0.25) is 4.79 Å². The van der Waals surface area contributed by atoms with E-state index < -0.39 is 22.8 Å². The van der Waals surface area contributed by atoms with Gasteiger partial charge >= 0.3 is 6.18 Å². The number of aromatic nitrogens is 1. The van der Waals surface area contributed by atoms with Gasteiger partial charge in [0.1, 0.15) is 10.8 Å². The number of carbonyl (C=O) groups is 1. The number of hydrogen-bond donors (Lipinski definition) is 0. The molecule has 8 heteroatoms. The second-order valence-corrected chi connectivity index (χ2v) is 5.11. The smallest absolute Gasteiger partial charge is 0.288 e. The van der Waals surface area contributed by atoms with Gasteiger partial charge in [-0.05, 0) is 24.3 Å². The van der Waals surface area contributed by atoms with Crippen molar-refractivity contribution >= 4 is 40.6 Å². The maximum absolute atomic E-state index is 12.5. The molecule has 0 saturated heterocycles. The molecule has 21 heavy (non-hydrogen) atoms. The molecule has 110 valence electrons. The van der Waals surface area contributed by atoms with Crippen molar-refractivity contribution in [1.29, 1.82) is 0 Å². The van der Waals surface area contributed by atoms with Crippen LogP contribution < -0.4 is 0 Å². The highest BCUT2D eigenvalue weighted by molar-refractivity contribution is 6.44. The maximum atomic E-state index is 12.5. The van der Waals surface area contributed by atoms with E-state index in [-0.39, 0.29) is 21.2 Å². The largest absolute Gasteiger partial charge is 0.433 e. The summed E-state index contributed by atoms with van der Waals surface area (Å²) in [4.78, 5) is 15.4. The van der Waals surface area contributed by atoms with Crippen LogP contribution in [-0.2, 0) is 6.18 Å². The van der Waals surface area contributed by atoms with Crippen molar-refractivity contribution in [1.82, 2.24) is 4.98 Å². The molecule has 0 aliphatic heterocycles. The molecule has 0 aliphatic rings. The van der Waals surface area contributed by atoms with Gasteiger partial charge in [0, 0.05) is 5.56 Å². The van der Waals surface area contributed by atoms with E-state index in [4.69, 9.17) is 34.8 Å². The minimum atomic E-state index is -4.64. The lowest BCUT2D eigenvalue weighted by Gasteiger charge is -2.09. The normalized spacial score (nSPS) is 11.5. The molecule has 2 rings (SSSR count). The first-order chi connectivity index (χ1) is 9.71. The minimum Gasteiger partial charge on any atom is -0.288 e. The van der Waals surface area contributed by atoms with Gasteiger partial charge in [0.15, 0.2) is 5.78 Å². The topological polar surface area (TPSA) is 30.0 Å². The molecule has 0 radical (unpaired) electrons. The predicted octanol–water partition coefficient (Wildman–Crippen LogP) is 5.29. The average Bonchev–Trinajstić information content (AvgIpc) is 2.40. The summed E-state index contributed by atoms with van der Waals surface area (Å²) in [6.45, 7) is 0. The van der Waals surface area contributed by atoms with E-state index in [2.05, 4.69) is 4.98 Å². The quantitative estimate of drug-likeness (QED) is 0.542. The highest BCUT2D eigenvalue weighted by Crippen LogP contribution is 2.32. The lowest BCUT2D eigenvalue weighted by Crippen LogP contribution is -2.11. The van der Waals surface area contributed by atoms with Crippen molar-refractivity contribution < 1.29 is 18.0 Å². The van der Waals surface area contributed by atoms with Crippen molar-refractivity contribution in [3.63, 3.8) is 0 Å². The predicted molar refractivity (Wildman–Crippen MR) is 74.1 cm³/mol. The van der Waals surface area contributed by atoms with Crippen molar-refractivity contribution in [2.45, 2.75) is 6.18 Å². The molecule has 1 heterocycles. The molecule has 2 aromatic rings. The molecule has 0 unspecified atom stereocenters. The third-order valence-electron chi connectivity index (χ3n) is 2.58. The van der Waals surface area contributed by atoms with Gasteiger partial charge in [-0.25, -0.2) is 4.98 Å². The molecule has 2 nitrogen and oxygen atoms in total. The van der Waals surface area contributed by atoms with Gasteiger partial charge in [0.05, 0.1) is 15.6 Å². The monoisotopic (exact) mass is 353 g/mol. The number of hydrogen-bond acceptors (Lipinski definition) is 2. The lowest BCUT2D eigenvalue weighted by molar-refractivity contribution is -0.141. The Hall–Kier alpha value is -1.30. The van der Waals surface area contributed by atoms with E-state index in [9.17, 15) is 18.0 Å². The van der Waals surface area contributed by atoms with Gasteiger partial charge in [-0.1, -0.05) is 40.9 Å². The number of benzene rings is 1. The van der Waals surface area contributed by atoms with Crippen LogP contribution in [0.15, 0.2) is 30.3 Å². The van der Waals surface area contributed by atoms with Gasteiger partial charge < -0.3 is 0 Å². The Labute approximate surface area is 132 Å². The van der Waals surface area contributed by atoms with E-state index >= 15 is 0 Å². The number of rotatable bonds is 2. The SMILES string of the molecule is O=C(c1ccc(C(F)(F)F)nc1Cl)c1cccc(Cl)c1Cl. The molecule has 0 saturated carbocycles. The summed E-state index contributed by atoms with van der Waals surface area (Å²) in [5.41, 5.74) is -1.33. The van der Waals surface area contributed by atoms with Gasteiger partial charge in [0.25, 0.3) is 0 Å². The first-order valence-corrected chi connectivity index (χ1v) is 6.57. The number of nitrogens with zero attached hydrogens (tertiary/aromatic N) is 1. The summed E-state index contributed by atoms with van der Waals surface area (Å²) in [6, 6.07) is 6.00. The second kappa shape index (κ2) is 5.83. The number of ketones is 1. The highest BCUT2D eigenvalue weighted by atomic mass is 35.5.